The highest BCUT2D eigenvalue weighted by Crippen LogP contribution is 2.26. The number of aliphatic carboxylic acids is 1. The van der Waals surface area contributed by atoms with Gasteiger partial charge in [-0.05, 0) is 17.6 Å². The van der Waals surface area contributed by atoms with E-state index < -0.39 is 5.97 Å². The van der Waals surface area contributed by atoms with Crippen molar-refractivity contribution >= 4 is 17.4 Å². The summed E-state index contributed by atoms with van der Waals surface area (Å²) in [5.74, 6) is -0.422. The fourth-order valence-corrected chi connectivity index (χ4v) is 3.11. The molecule has 6 nitrogen and oxygen atoms in total. The van der Waals surface area contributed by atoms with Crippen molar-refractivity contribution < 1.29 is 14.7 Å². The number of amides is 1. The van der Waals surface area contributed by atoms with E-state index in [1.165, 1.54) is 0 Å². The number of carbonyl (C=O) groups excluding carboxylic acids is 1. The van der Waals surface area contributed by atoms with E-state index in [9.17, 15) is 9.59 Å². The quantitative estimate of drug-likeness (QED) is 0.578. The van der Waals surface area contributed by atoms with Crippen LogP contribution in [-0.2, 0) is 16.0 Å². The molecule has 1 aromatic heterocycles. The van der Waals surface area contributed by atoms with Crippen molar-refractivity contribution in [2.24, 2.45) is 5.41 Å². The van der Waals surface area contributed by atoms with Crippen LogP contribution in [0.3, 0.4) is 0 Å². The maximum absolute atomic E-state index is 11.8. The topological polar surface area (TPSA) is 92.2 Å². The molecule has 1 aliphatic rings. The molecule has 1 aromatic carbocycles. The van der Waals surface area contributed by atoms with Crippen LogP contribution in [0.25, 0.3) is 17.0 Å². The maximum atomic E-state index is 11.8. The summed E-state index contributed by atoms with van der Waals surface area (Å²) >= 11 is 0. The van der Waals surface area contributed by atoms with Crippen LogP contribution in [-0.4, -0.2) is 33.5 Å². The average molecular weight is 448 g/mol. The van der Waals surface area contributed by atoms with Gasteiger partial charge in [-0.3, -0.25) is 9.59 Å². The lowest BCUT2D eigenvalue weighted by atomic mass is 9.93. The Balaban J connectivity index is 0.00000187. The van der Waals surface area contributed by atoms with Crippen LogP contribution in [0.2, 0.25) is 0 Å². The Bertz CT molecular complexity index is 1020. The molecule has 3 rings (SSSR count). The van der Waals surface area contributed by atoms with Gasteiger partial charge in [-0.25, -0.2) is 9.97 Å². The first kappa shape index (κ1) is 25.7. The Hall–Kier alpha value is -3.54. The lowest BCUT2D eigenvalue weighted by Gasteiger charge is -2.12. The van der Waals surface area contributed by atoms with Gasteiger partial charge in [-0.2, -0.15) is 0 Å². The molecule has 6 heteroatoms. The van der Waals surface area contributed by atoms with E-state index in [4.69, 9.17) is 5.11 Å². The Morgan fingerprint density at radius 1 is 0.970 bits per heavy atom. The number of aromatic nitrogens is 2. The van der Waals surface area contributed by atoms with E-state index in [0.717, 1.165) is 22.3 Å². The van der Waals surface area contributed by atoms with Crippen LogP contribution < -0.4 is 5.32 Å². The minimum atomic E-state index is -0.922. The molecule has 2 N–H and O–H groups in total. The first-order valence-electron chi connectivity index (χ1n) is 11.3. The Morgan fingerprint density at radius 2 is 1.64 bits per heavy atom. The van der Waals surface area contributed by atoms with Gasteiger partial charge in [0.05, 0.1) is 6.42 Å². The number of hydrogen-bond acceptors (Lipinski definition) is 4. The van der Waals surface area contributed by atoms with Gasteiger partial charge in [0.15, 0.2) is 5.82 Å². The van der Waals surface area contributed by atoms with Crippen molar-refractivity contribution in [3.63, 3.8) is 0 Å². The van der Waals surface area contributed by atoms with Crippen LogP contribution in [0.4, 0.5) is 0 Å². The van der Waals surface area contributed by atoms with E-state index in [2.05, 4.69) is 59.5 Å². The monoisotopic (exact) mass is 447 g/mol. The number of allylic oxidation sites excluding steroid dienone is 6. The predicted octanol–water partition coefficient (Wildman–Crippen LogP) is 5.23. The number of carboxylic acid groups (broad SMARTS) is 1. The molecule has 0 unspecified atom stereocenters. The van der Waals surface area contributed by atoms with Crippen molar-refractivity contribution in [3.05, 3.63) is 78.2 Å². The molecule has 0 saturated heterocycles. The van der Waals surface area contributed by atoms with Gasteiger partial charge in [-0.15, -0.1) is 0 Å². The van der Waals surface area contributed by atoms with E-state index in [1.807, 2.05) is 50.5 Å². The van der Waals surface area contributed by atoms with E-state index in [-0.39, 0.29) is 24.3 Å². The second-order valence-corrected chi connectivity index (χ2v) is 8.12. The summed E-state index contributed by atoms with van der Waals surface area (Å²) in [4.78, 5) is 31.3. The van der Waals surface area contributed by atoms with Gasteiger partial charge < -0.3 is 10.4 Å². The first-order valence-corrected chi connectivity index (χ1v) is 11.3. The van der Waals surface area contributed by atoms with Gasteiger partial charge >= 0.3 is 5.97 Å². The number of rotatable bonds is 8. The number of carboxylic acids is 1. The fourth-order valence-electron chi connectivity index (χ4n) is 3.11. The van der Waals surface area contributed by atoms with Gasteiger partial charge in [0.2, 0.25) is 5.91 Å². The number of hydrogen-bond donors (Lipinski definition) is 2. The van der Waals surface area contributed by atoms with E-state index in [0.29, 0.717) is 18.7 Å². The van der Waals surface area contributed by atoms with Crippen molar-refractivity contribution in [2.45, 2.75) is 47.0 Å². The molecule has 1 amide bonds. The molecule has 1 aliphatic carbocycles. The lowest BCUT2D eigenvalue weighted by Crippen LogP contribution is -2.26. The summed E-state index contributed by atoms with van der Waals surface area (Å²) in [5, 5.41) is 11.2. The van der Waals surface area contributed by atoms with Crippen LogP contribution in [0, 0.1) is 5.41 Å². The molecule has 0 atom stereocenters. The summed E-state index contributed by atoms with van der Waals surface area (Å²) in [6.45, 7) is 8.47. The minimum absolute atomic E-state index is 0.0277. The lowest BCUT2D eigenvalue weighted by molar-refractivity contribution is -0.136. The molecular formula is C27H33N3O3. The molecule has 0 fully saturated rings. The highest BCUT2D eigenvalue weighted by atomic mass is 16.4. The van der Waals surface area contributed by atoms with Crippen molar-refractivity contribution in [1.82, 2.24) is 15.3 Å². The number of carbonyl (C=O) groups is 2. The summed E-state index contributed by atoms with van der Waals surface area (Å²) in [7, 11) is 0. The molecule has 0 aliphatic heterocycles. The van der Waals surface area contributed by atoms with Gasteiger partial charge in [-0.1, -0.05) is 82.3 Å². The highest BCUT2D eigenvalue weighted by molar-refractivity contribution is 5.77. The maximum Gasteiger partial charge on any atom is 0.305 e. The normalized spacial score (nSPS) is 13.9. The minimum Gasteiger partial charge on any atom is -0.481 e. The number of nitrogens with one attached hydrogen (secondary N) is 1. The zero-order valence-corrected chi connectivity index (χ0v) is 19.8. The second kappa shape index (κ2) is 12.5. The number of nitrogens with zero attached hydrogens (tertiary/aromatic N) is 2. The first-order chi connectivity index (χ1) is 15.8. The molecule has 174 valence electrons. The highest BCUT2D eigenvalue weighted by Gasteiger charge is 2.12. The van der Waals surface area contributed by atoms with E-state index >= 15 is 0 Å². The molecule has 0 bridgehead atoms. The molecule has 0 spiro atoms. The zero-order chi connectivity index (χ0) is 24.3. The molecular weight excluding hydrogens is 414 g/mol. The van der Waals surface area contributed by atoms with Gasteiger partial charge in [0.1, 0.15) is 0 Å². The van der Waals surface area contributed by atoms with Gasteiger partial charge in [0.25, 0.3) is 0 Å². The predicted molar refractivity (Wildman–Crippen MR) is 132 cm³/mol. The number of benzene rings is 1. The number of aryl methyl sites for hydroxylation is 1. The third kappa shape index (κ3) is 8.48. The van der Waals surface area contributed by atoms with E-state index in [1.54, 1.807) is 0 Å². The Labute approximate surface area is 196 Å². The van der Waals surface area contributed by atoms with Crippen LogP contribution in [0.5, 0.6) is 0 Å². The van der Waals surface area contributed by atoms with Crippen LogP contribution >= 0.6 is 0 Å². The van der Waals surface area contributed by atoms with Crippen molar-refractivity contribution in [3.8, 4) is 11.4 Å². The third-order valence-electron chi connectivity index (χ3n) is 4.99. The molecule has 33 heavy (non-hydrogen) atoms. The van der Waals surface area contributed by atoms with Crippen LogP contribution in [0.1, 0.15) is 51.7 Å². The molecule has 2 aromatic rings. The van der Waals surface area contributed by atoms with Crippen molar-refractivity contribution in [2.75, 3.05) is 6.54 Å². The largest absolute Gasteiger partial charge is 0.481 e. The second-order valence-electron chi connectivity index (χ2n) is 8.12. The third-order valence-corrected chi connectivity index (χ3v) is 4.99. The van der Waals surface area contributed by atoms with Crippen LogP contribution in [0.15, 0.2) is 67.0 Å². The smallest absolute Gasteiger partial charge is 0.305 e. The fraction of sp³-hybridized carbons (Fsp3) is 0.333. The summed E-state index contributed by atoms with van der Waals surface area (Å²) < 4.78 is 0. The van der Waals surface area contributed by atoms with Crippen molar-refractivity contribution in [1.29, 1.82) is 0 Å². The summed E-state index contributed by atoms with van der Waals surface area (Å²) in [6, 6.07) is 7.81. The van der Waals surface area contributed by atoms with Gasteiger partial charge in [0, 0.05) is 41.9 Å². The molecule has 0 saturated carbocycles. The average Bonchev–Trinajstić information content (AvgIpc) is 3.00. The Kier molecular flexibility index (Phi) is 9.73. The molecule has 1 heterocycles. The standard InChI is InChI=1S/C25H27N3O3.C2H6/c1-25(2)13-3-4-19(11-14-25)21-16-27-24(28-17-21)20-8-5-18(6-9-20)7-10-22(29)26-15-12-23(30)31;1-2/h3-6,8-9,11,13-14,16-17H,7,10,12,15H2,1-2H3,(H,26,29)(H,30,31);1-2H3. The SMILES string of the molecule is CC.CC1(C)C=CC=C(c2cnc(-c3ccc(CCC(=O)NCCC(=O)O)cc3)nc2)C=C1. The Morgan fingerprint density at radius 3 is 2.27 bits per heavy atom. The summed E-state index contributed by atoms with van der Waals surface area (Å²) in [6.07, 6.45) is 15.1. The molecule has 0 radical (unpaired) electrons. The summed E-state index contributed by atoms with van der Waals surface area (Å²) in [5.41, 5.74) is 4.00. The zero-order valence-electron chi connectivity index (χ0n) is 19.8.